The largest absolute Gasteiger partial charge is 0.478 e. The van der Waals surface area contributed by atoms with Gasteiger partial charge in [-0.15, -0.1) is 0 Å². The number of hydrogen-bond donors (Lipinski definition) is 1. The highest BCUT2D eigenvalue weighted by Crippen LogP contribution is 2.42. The van der Waals surface area contributed by atoms with E-state index >= 15 is 0 Å². The molecule has 6 nitrogen and oxygen atoms in total. The molecule has 3 rings (SSSR count). The van der Waals surface area contributed by atoms with Gasteiger partial charge in [-0.2, -0.15) is 10.1 Å². The fraction of sp³-hybridized carbons (Fsp3) is 0.483. The van der Waals surface area contributed by atoms with Crippen molar-refractivity contribution in [1.82, 2.24) is 0 Å². The lowest BCUT2D eigenvalue weighted by atomic mass is 9.73. The summed E-state index contributed by atoms with van der Waals surface area (Å²) in [4.78, 5) is 25.0. The second-order valence-corrected chi connectivity index (χ2v) is 10.00. The Labute approximate surface area is 209 Å². The summed E-state index contributed by atoms with van der Waals surface area (Å²) in [6.45, 7) is 9.36. The van der Waals surface area contributed by atoms with Crippen LogP contribution in [0.15, 0.2) is 53.6 Å². The molecule has 0 aromatic heterocycles. The number of carboxylic acids is 1. The van der Waals surface area contributed by atoms with E-state index in [4.69, 9.17) is 9.84 Å². The molecule has 1 N–H and O–H groups in total. The number of aryl methyl sites for hydroxylation is 2. The van der Waals surface area contributed by atoms with Crippen LogP contribution in [0, 0.1) is 12.3 Å². The molecule has 2 aromatic carbocycles. The van der Waals surface area contributed by atoms with Crippen LogP contribution >= 0.6 is 0 Å². The Balaban J connectivity index is 1.73. The molecule has 0 saturated heterocycles. The highest BCUT2D eigenvalue weighted by molar-refractivity contribution is 6.19. The number of amides is 1. The van der Waals surface area contributed by atoms with E-state index < -0.39 is 17.0 Å². The van der Waals surface area contributed by atoms with Crippen LogP contribution in [0.5, 0.6) is 5.75 Å². The lowest BCUT2D eigenvalue weighted by Crippen LogP contribution is -2.40. The first-order chi connectivity index (χ1) is 16.6. The molecule has 0 saturated carbocycles. The van der Waals surface area contributed by atoms with Crippen LogP contribution in [0.25, 0.3) is 0 Å². The Morgan fingerprint density at radius 1 is 1.00 bits per heavy atom. The topological polar surface area (TPSA) is 79.2 Å². The monoisotopic (exact) mass is 478 g/mol. The van der Waals surface area contributed by atoms with Crippen molar-refractivity contribution in [1.29, 1.82) is 0 Å². The molecule has 1 heterocycles. The fourth-order valence-electron chi connectivity index (χ4n) is 4.74. The van der Waals surface area contributed by atoms with Gasteiger partial charge in [0.1, 0.15) is 5.75 Å². The Morgan fingerprint density at radius 2 is 1.60 bits per heavy atom. The summed E-state index contributed by atoms with van der Waals surface area (Å²) in [6.07, 6.45) is 5.97. The zero-order chi connectivity index (χ0) is 25.6. The van der Waals surface area contributed by atoms with Crippen LogP contribution in [0.4, 0.5) is 5.69 Å². The van der Waals surface area contributed by atoms with E-state index in [1.54, 1.807) is 5.01 Å². The zero-order valence-electron chi connectivity index (χ0n) is 21.6. The third kappa shape index (κ3) is 5.92. The predicted octanol–water partition coefficient (Wildman–Crippen LogP) is 6.55. The third-order valence-corrected chi connectivity index (χ3v) is 6.70. The summed E-state index contributed by atoms with van der Waals surface area (Å²) in [6, 6.07) is 15.5. The summed E-state index contributed by atoms with van der Waals surface area (Å²) in [5.74, 6) is -0.371. The van der Waals surface area contributed by atoms with Crippen LogP contribution in [0.2, 0.25) is 0 Å². The Hall–Kier alpha value is -3.15. The van der Waals surface area contributed by atoms with Crippen LogP contribution < -0.4 is 9.75 Å². The highest BCUT2D eigenvalue weighted by Gasteiger charge is 2.49. The lowest BCUT2D eigenvalue weighted by Gasteiger charge is -2.28. The Morgan fingerprint density at radius 3 is 2.14 bits per heavy atom. The van der Waals surface area contributed by atoms with Gasteiger partial charge in [0.2, 0.25) is 0 Å². The van der Waals surface area contributed by atoms with E-state index in [1.807, 2.05) is 55.5 Å². The maximum absolute atomic E-state index is 13.7. The predicted molar refractivity (Wildman–Crippen MR) is 140 cm³/mol. The Bertz CT molecular complexity index is 1050. The second-order valence-electron chi connectivity index (χ2n) is 10.00. The van der Waals surface area contributed by atoms with Gasteiger partial charge in [-0.1, -0.05) is 56.5 Å². The minimum atomic E-state index is -1.28. The van der Waals surface area contributed by atoms with Crippen molar-refractivity contribution in [2.24, 2.45) is 10.5 Å². The maximum atomic E-state index is 13.7. The summed E-state index contributed by atoms with van der Waals surface area (Å²) < 4.78 is 5.60. The van der Waals surface area contributed by atoms with Crippen LogP contribution in [-0.4, -0.2) is 28.3 Å². The average molecular weight is 479 g/mol. The van der Waals surface area contributed by atoms with E-state index in [1.165, 1.54) is 13.8 Å². The van der Waals surface area contributed by atoms with Crippen molar-refractivity contribution in [3.63, 3.8) is 0 Å². The fourth-order valence-corrected chi connectivity index (χ4v) is 4.74. The number of aliphatic carboxylic acids is 1. The molecule has 1 aliphatic rings. The van der Waals surface area contributed by atoms with E-state index in [9.17, 15) is 14.7 Å². The average Bonchev–Trinajstić information content (AvgIpc) is 3.07. The van der Waals surface area contributed by atoms with Crippen LogP contribution in [-0.2, 0) is 16.0 Å². The van der Waals surface area contributed by atoms with Crippen molar-refractivity contribution in [3.05, 3.63) is 59.7 Å². The van der Waals surface area contributed by atoms with Crippen LogP contribution in [0.1, 0.15) is 77.3 Å². The number of carboxylic acid groups (broad SMARTS) is 1. The van der Waals surface area contributed by atoms with Gasteiger partial charge in [0.15, 0.2) is 5.60 Å². The van der Waals surface area contributed by atoms with Gasteiger partial charge in [0.25, 0.3) is 5.91 Å². The molecule has 0 atom stereocenters. The molecule has 1 aliphatic heterocycles. The number of anilines is 1. The second kappa shape index (κ2) is 11.1. The molecule has 188 valence electrons. The lowest BCUT2D eigenvalue weighted by molar-refractivity contribution is -0.152. The molecule has 0 fully saturated rings. The molecular weight excluding hydrogens is 440 g/mol. The molecule has 1 amide bonds. The first-order valence-electron chi connectivity index (χ1n) is 12.6. The van der Waals surface area contributed by atoms with E-state index in [2.05, 4.69) is 13.8 Å². The minimum absolute atomic E-state index is 0.0996. The first-order valence-corrected chi connectivity index (χ1v) is 12.6. The number of carbonyl (C=O) groups excluding carboxylic acids is 1. The molecule has 2 aromatic rings. The molecule has 0 aliphatic carbocycles. The maximum Gasteiger partial charge on any atom is 0.347 e. The molecule has 0 radical (unpaired) electrons. The van der Waals surface area contributed by atoms with Gasteiger partial charge < -0.3 is 9.84 Å². The van der Waals surface area contributed by atoms with Crippen molar-refractivity contribution < 1.29 is 19.4 Å². The number of benzene rings is 2. The highest BCUT2D eigenvalue weighted by atomic mass is 16.5. The zero-order valence-corrected chi connectivity index (χ0v) is 21.6. The number of carbonyl (C=O) groups is 2. The van der Waals surface area contributed by atoms with Crippen molar-refractivity contribution >= 4 is 23.3 Å². The van der Waals surface area contributed by atoms with Gasteiger partial charge in [0, 0.05) is 0 Å². The molecule has 35 heavy (non-hydrogen) atoms. The summed E-state index contributed by atoms with van der Waals surface area (Å²) in [5, 5.41) is 15.8. The molecule has 0 bridgehead atoms. The third-order valence-electron chi connectivity index (χ3n) is 6.70. The minimum Gasteiger partial charge on any atom is -0.478 e. The van der Waals surface area contributed by atoms with Crippen LogP contribution in [0.3, 0.4) is 0 Å². The number of ether oxygens (including phenoxy) is 1. The van der Waals surface area contributed by atoms with E-state index in [-0.39, 0.29) is 5.91 Å². The SMILES string of the molecule is CCCC1(CCC)C(=O)N(c2ccc(C)cc2)N=C1CCCc1ccc(OC(C)(C)C(=O)O)cc1. The first kappa shape index (κ1) is 26.5. The number of rotatable bonds is 12. The number of nitrogens with zero attached hydrogens (tertiary/aromatic N) is 2. The smallest absolute Gasteiger partial charge is 0.347 e. The van der Waals surface area contributed by atoms with Gasteiger partial charge in [-0.3, -0.25) is 4.79 Å². The summed E-state index contributed by atoms with van der Waals surface area (Å²) >= 11 is 0. The summed E-state index contributed by atoms with van der Waals surface area (Å²) in [5.41, 5.74) is 2.32. The van der Waals surface area contributed by atoms with Gasteiger partial charge in [-0.25, -0.2) is 4.79 Å². The van der Waals surface area contributed by atoms with E-state index in [0.29, 0.717) is 5.75 Å². The van der Waals surface area contributed by atoms with Gasteiger partial charge in [0.05, 0.1) is 16.8 Å². The normalized spacial score (nSPS) is 15.3. The van der Waals surface area contributed by atoms with Gasteiger partial charge >= 0.3 is 5.97 Å². The Kier molecular flexibility index (Phi) is 8.36. The summed E-state index contributed by atoms with van der Waals surface area (Å²) in [7, 11) is 0. The molecule has 6 heteroatoms. The van der Waals surface area contributed by atoms with E-state index in [0.717, 1.165) is 67.5 Å². The number of hydrogen-bond acceptors (Lipinski definition) is 4. The quantitative estimate of drug-likeness (QED) is 0.375. The van der Waals surface area contributed by atoms with Crippen molar-refractivity contribution in [2.45, 2.75) is 85.2 Å². The van der Waals surface area contributed by atoms with Crippen molar-refractivity contribution in [2.75, 3.05) is 5.01 Å². The molecule has 0 unspecified atom stereocenters. The standard InChI is InChI=1S/C29H38N2O4/c1-6-19-29(20-7-2)25(30-31(26(29)32)23-15-11-21(3)12-16-23)10-8-9-22-13-17-24(18-14-22)35-28(4,5)27(33)34/h11-18H,6-10,19-20H2,1-5H3,(H,33,34). The number of hydrazone groups is 1. The van der Waals surface area contributed by atoms with Gasteiger partial charge in [-0.05, 0) is 82.7 Å². The molecular formula is C29H38N2O4. The van der Waals surface area contributed by atoms with Crippen molar-refractivity contribution in [3.8, 4) is 5.75 Å². The molecule has 0 spiro atoms.